The molecule has 1 atom stereocenters. The van der Waals surface area contributed by atoms with Gasteiger partial charge in [0.05, 0.1) is 6.61 Å². The Balaban J connectivity index is 3.16. The third-order valence-corrected chi connectivity index (χ3v) is 0.650. The Bertz CT molecular complexity index is 61.1. The molecular formula is C5H11NO. The van der Waals surface area contributed by atoms with Crippen molar-refractivity contribution in [1.82, 2.24) is 0 Å². The van der Waals surface area contributed by atoms with Crippen molar-refractivity contribution >= 4 is 0 Å². The zero-order valence-electron chi connectivity index (χ0n) is 4.46. The molecule has 0 unspecified atom stereocenters. The number of hydrogen-bond donors (Lipinski definition) is 2. The van der Waals surface area contributed by atoms with Crippen LogP contribution >= 0.6 is 0 Å². The lowest BCUT2D eigenvalue weighted by Gasteiger charge is -1.95. The van der Waals surface area contributed by atoms with Gasteiger partial charge in [0, 0.05) is 6.04 Å². The second kappa shape index (κ2) is 3.84. The Morgan fingerprint density at radius 2 is 2.43 bits per heavy atom. The monoisotopic (exact) mass is 101 g/mol. The average molecular weight is 101 g/mol. The molecule has 2 heteroatoms. The first-order valence-electron chi connectivity index (χ1n) is 2.30. The molecule has 2 nitrogen and oxygen atoms in total. The van der Waals surface area contributed by atoms with Gasteiger partial charge >= 0.3 is 0 Å². The van der Waals surface area contributed by atoms with E-state index in [4.69, 9.17) is 10.8 Å². The molecule has 0 radical (unpaired) electrons. The summed E-state index contributed by atoms with van der Waals surface area (Å²) in [7, 11) is 0. The number of allylic oxidation sites excluding steroid dienone is 1. The zero-order valence-corrected chi connectivity index (χ0v) is 4.46. The first-order valence-corrected chi connectivity index (χ1v) is 2.30. The highest BCUT2D eigenvalue weighted by Crippen LogP contribution is 1.76. The quantitative estimate of drug-likeness (QED) is 0.476. The van der Waals surface area contributed by atoms with Crippen LogP contribution in [0, 0.1) is 0 Å². The summed E-state index contributed by atoms with van der Waals surface area (Å²) in [5.41, 5.74) is 5.25. The van der Waals surface area contributed by atoms with Crippen molar-refractivity contribution < 1.29 is 5.11 Å². The molecule has 0 bridgehead atoms. The van der Waals surface area contributed by atoms with Crippen LogP contribution in [0.2, 0.25) is 0 Å². The molecule has 0 heterocycles. The highest BCUT2D eigenvalue weighted by molar-refractivity contribution is 4.87. The molecule has 0 aromatic heterocycles. The van der Waals surface area contributed by atoms with Crippen LogP contribution in [0.3, 0.4) is 0 Å². The van der Waals surface area contributed by atoms with E-state index in [0.29, 0.717) is 0 Å². The predicted molar refractivity (Wildman–Crippen MR) is 29.9 cm³/mol. The summed E-state index contributed by atoms with van der Waals surface area (Å²) in [5, 5.41) is 8.29. The van der Waals surface area contributed by atoms with Crippen molar-refractivity contribution in [2.75, 3.05) is 6.61 Å². The summed E-state index contributed by atoms with van der Waals surface area (Å²) in [4.78, 5) is 0. The fraction of sp³-hybridized carbons (Fsp3) is 0.600. The van der Waals surface area contributed by atoms with Crippen LogP contribution in [-0.2, 0) is 0 Å². The van der Waals surface area contributed by atoms with E-state index < -0.39 is 0 Å². The summed E-state index contributed by atoms with van der Waals surface area (Å²) in [5.74, 6) is 0. The molecular weight excluding hydrogens is 90.1 g/mol. The van der Waals surface area contributed by atoms with E-state index in [1.807, 2.05) is 13.0 Å². The van der Waals surface area contributed by atoms with E-state index in [9.17, 15) is 0 Å². The molecule has 0 spiro atoms. The van der Waals surface area contributed by atoms with Gasteiger partial charge in [0.15, 0.2) is 0 Å². The van der Waals surface area contributed by atoms with Gasteiger partial charge in [0.1, 0.15) is 0 Å². The summed E-state index contributed by atoms with van der Waals surface area (Å²) < 4.78 is 0. The maximum Gasteiger partial charge on any atom is 0.0618 e. The molecule has 0 aliphatic rings. The minimum Gasteiger partial charge on any atom is -0.394 e. The van der Waals surface area contributed by atoms with Crippen molar-refractivity contribution in [3.63, 3.8) is 0 Å². The number of aliphatic hydroxyl groups excluding tert-OH is 1. The number of nitrogens with two attached hydrogens (primary N) is 1. The molecule has 3 N–H and O–H groups in total. The summed E-state index contributed by atoms with van der Waals surface area (Å²) >= 11 is 0. The van der Waals surface area contributed by atoms with Crippen LogP contribution in [0.25, 0.3) is 0 Å². The first kappa shape index (κ1) is 6.66. The van der Waals surface area contributed by atoms with Crippen LogP contribution in [0.5, 0.6) is 0 Å². The van der Waals surface area contributed by atoms with Gasteiger partial charge in [-0.1, -0.05) is 12.2 Å². The van der Waals surface area contributed by atoms with Gasteiger partial charge in [-0.25, -0.2) is 0 Å². The van der Waals surface area contributed by atoms with E-state index in [-0.39, 0.29) is 12.6 Å². The third-order valence-electron chi connectivity index (χ3n) is 0.650. The molecule has 0 aliphatic heterocycles. The Hall–Kier alpha value is -0.340. The highest BCUT2D eigenvalue weighted by atomic mass is 16.3. The van der Waals surface area contributed by atoms with Gasteiger partial charge in [-0.2, -0.15) is 0 Å². The summed E-state index contributed by atoms with van der Waals surface area (Å²) in [6, 6.07) is -0.176. The minimum absolute atomic E-state index is 0.0321. The SMILES string of the molecule is C/C=C/[C@@H](N)CO. The molecule has 7 heavy (non-hydrogen) atoms. The average Bonchev–Trinajstić information content (AvgIpc) is 1.68. The topological polar surface area (TPSA) is 46.2 Å². The molecule has 0 aromatic rings. The summed E-state index contributed by atoms with van der Waals surface area (Å²) in [6.45, 7) is 1.90. The van der Waals surface area contributed by atoms with Gasteiger partial charge in [-0.3, -0.25) is 0 Å². The summed E-state index contributed by atoms with van der Waals surface area (Å²) in [6.07, 6.45) is 3.57. The Labute approximate surface area is 43.6 Å². The molecule has 42 valence electrons. The standard InChI is InChI=1S/C5H11NO/c1-2-3-5(6)4-7/h2-3,5,7H,4,6H2,1H3/b3-2+/t5-/m1/s1. The third kappa shape index (κ3) is 3.49. The van der Waals surface area contributed by atoms with Crippen molar-refractivity contribution in [3.8, 4) is 0 Å². The van der Waals surface area contributed by atoms with Gasteiger partial charge in [-0.05, 0) is 6.92 Å². The van der Waals surface area contributed by atoms with E-state index in [1.54, 1.807) is 6.08 Å². The van der Waals surface area contributed by atoms with E-state index in [1.165, 1.54) is 0 Å². The maximum absolute atomic E-state index is 8.29. The Kier molecular flexibility index (Phi) is 3.65. The number of rotatable bonds is 2. The molecule has 0 aliphatic carbocycles. The molecule has 0 aromatic carbocycles. The second-order valence-electron chi connectivity index (χ2n) is 1.37. The minimum atomic E-state index is -0.176. The van der Waals surface area contributed by atoms with Gasteiger partial charge in [0.2, 0.25) is 0 Å². The Morgan fingerprint density at radius 3 is 2.57 bits per heavy atom. The molecule has 0 saturated carbocycles. The van der Waals surface area contributed by atoms with Crippen LogP contribution in [-0.4, -0.2) is 17.8 Å². The zero-order chi connectivity index (χ0) is 5.70. The van der Waals surface area contributed by atoms with E-state index in [0.717, 1.165) is 0 Å². The van der Waals surface area contributed by atoms with Crippen LogP contribution in [0.15, 0.2) is 12.2 Å². The fourth-order valence-electron chi connectivity index (χ4n) is 0.308. The van der Waals surface area contributed by atoms with Crippen LogP contribution in [0.1, 0.15) is 6.92 Å². The van der Waals surface area contributed by atoms with E-state index >= 15 is 0 Å². The molecule has 0 rings (SSSR count). The van der Waals surface area contributed by atoms with Crippen LogP contribution < -0.4 is 5.73 Å². The van der Waals surface area contributed by atoms with Crippen molar-refractivity contribution in [1.29, 1.82) is 0 Å². The molecule has 0 saturated heterocycles. The molecule has 0 fully saturated rings. The smallest absolute Gasteiger partial charge is 0.0618 e. The second-order valence-corrected chi connectivity index (χ2v) is 1.37. The fourth-order valence-corrected chi connectivity index (χ4v) is 0.308. The maximum atomic E-state index is 8.29. The van der Waals surface area contributed by atoms with Crippen molar-refractivity contribution in [2.24, 2.45) is 5.73 Å². The van der Waals surface area contributed by atoms with Crippen molar-refractivity contribution in [2.45, 2.75) is 13.0 Å². The Morgan fingerprint density at radius 1 is 1.86 bits per heavy atom. The van der Waals surface area contributed by atoms with E-state index in [2.05, 4.69) is 0 Å². The van der Waals surface area contributed by atoms with Crippen LogP contribution in [0.4, 0.5) is 0 Å². The first-order chi connectivity index (χ1) is 3.31. The normalized spacial score (nSPS) is 15.3. The lowest BCUT2D eigenvalue weighted by atomic mass is 10.3. The lowest BCUT2D eigenvalue weighted by Crippen LogP contribution is -2.20. The van der Waals surface area contributed by atoms with Gasteiger partial charge < -0.3 is 10.8 Å². The number of aliphatic hydroxyl groups is 1. The molecule has 0 amide bonds. The van der Waals surface area contributed by atoms with Gasteiger partial charge in [0.25, 0.3) is 0 Å². The van der Waals surface area contributed by atoms with Gasteiger partial charge in [-0.15, -0.1) is 0 Å². The van der Waals surface area contributed by atoms with Crippen molar-refractivity contribution in [3.05, 3.63) is 12.2 Å². The lowest BCUT2D eigenvalue weighted by molar-refractivity contribution is 0.284. The largest absolute Gasteiger partial charge is 0.394 e. The highest BCUT2D eigenvalue weighted by Gasteiger charge is 1.87. The predicted octanol–water partition coefficient (Wildman–Crippen LogP) is -0.118. The number of hydrogen-bond acceptors (Lipinski definition) is 2.